The number of oxime groups is 1. The molecule has 0 radical (unpaired) electrons. The van der Waals surface area contributed by atoms with E-state index in [1.807, 2.05) is 0 Å². The fourth-order valence-corrected chi connectivity index (χ4v) is 2.72. The third-order valence-corrected chi connectivity index (χ3v) is 4.17. The molecule has 0 aromatic rings. The Hall–Kier alpha value is -0.860. The molecule has 1 aliphatic heterocycles. The van der Waals surface area contributed by atoms with Crippen LogP contribution >= 0.6 is 0 Å². The summed E-state index contributed by atoms with van der Waals surface area (Å²) in [5, 5.41) is 14.5. The van der Waals surface area contributed by atoms with E-state index in [0.29, 0.717) is 32.1 Å². The van der Waals surface area contributed by atoms with Gasteiger partial charge in [-0.1, -0.05) is 5.16 Å². The van der Waals surface area contributed by atoms with E-state index in [1.54, 1.807) is 0 Å². The van der Waals surface area contributed by atoms with Gasteiger partial charge in [0.25, 0.3) is 0 Å². The lowest BCUT2D eigenvalue weighted by atomic mass is 10.1. The second-order valence-electron chi connectivity index (χ2n) is 4.23. The van der Waals surface area contributed by atoms with E-state index in [9.17, 15) is 8.42 Å². The largest absolute Gasteiger partial charge is 0.409 e. The van der Waals surface area contributed by atoms with Gasteiger partial charge in [-0.2, -0.15) is 0 Å². The zero-order valence-corrected chi connectivity index (χ0v) is 10.8. The molecule has 1 rings (SSSR count). The monoisotopic (exact) mass is 264 g/mol. The Morgan fingerprint density at radius 1 is 1.53 bits per heavy atom. The van der Waals surface area contributed by atoms with Crippen LogP contribution in [0.4, 0.5) is 0 Å². The maximum atomic E-state index is 11.3. The Kier molecular flexibility index (Phi) is 5.16. The lowest BCUT2D eigenvalue weighted by Crippen LogP contribution is -2.45. The molecule has 0 aromatic carbocycles. The van der Waals surface area contributed by atoms with Crippen molar-refractivity contribution in [3.63, 3.8) is 0 Å². The molecule has 0 amide bonds. The van der Waals surface area contributed by atoms with Crippen molar-refractivity contribution in [2.75, 3.05) is 25.9 Å². The quantitative estimate of drug-likeness (QED) is 0.259. The first-order valence-corrected chi connectivity index (χ1v) is 7.43. The van der Waals surface area contributed by atoms with Crippen LogP contribution in [0, 0.1) is 0 Å². The SMILES string of the molecule is CS(=O)(=O)N1CCC(NCCC(N)=NO)CC1. The van der Waals surface area contributed by atoms with E-state index < -0.39 is 10.0 Å². The maximum Gasteiger partial charge on any atom is 0.211 e. The van der Waals surface area contributed by atoms with Crippen molar-refractivity contribution >= 4 is 15.9 Å². The van der Waals surface area contributed by atoms with E-state index in [2.05, 4.69) is 10.5 Å². The standard InChI is InChI=1S/C9H20N4O3S/c1-17(15,16)13-6-3-8(4-7-13)11-5-2-9(10)12-14/h8,11,14H,2-7H2,1H3,(H2,10,12). The smallest absolute Gasteiger partial charge is 0.211 e. The molecule has 0 bridgehead atoms. The Morgan fingerprint density at radius 3 is 2.59 bits per heavy atom. The van der Waals surface area contributed by atoms with Crippen LogP contribution in [0.15, 0.2) is 5.16 Å². The second kappa shape index (κ2) is 6.18. The zero-order chi connectivity index (χ0) is 12.9. The molecule has 0 aromatic heterocycles. The Bertz CT molecular complexity index is 360. The van der Waals surface area contributed by atoms with Gasteiger partial charge in [0.1, 0.15) is 5.84 Å². The predicted octanol–water partition coefficient (Wildman–Crippen LogP) is -0.863. The van der Waals surface area contributed by atoms with Gasteiger partial charge in [-0.3, -0.25) is 0 Å². The minimum Gasteiger partial charge on any atom is -0.409 e. The summed E-state index contributed by atoms with van der Waals surface area (Å²) in [4.78, 5) is 0. The molecule has 17 heavy (non-hydrogen) atoms. The van der Waals surface area contributed by atoms with Crippen molar-refractivity contribution in [2.24, 2.45) is 10.9 Å². The minimum absolute atomic E-state index is 0.200. The fourth-order valence-electron chi connectivity index (χ4n) is 1.85. The topological polar surface area (TPSA) is 108 Å². The van der Waals surface area contributed by atoms with Gasteiger partial charge in [-0.15, -0.1) is 0 Å². The summed E-state index contributed by atoms with van der Waals surface area (Å²) in [5.41, 5.74) is 5.34. The average molecular weight is 264 g/mol. The van der Waals surface area contributed by atoms with Crippen LogP contribution in [0.2, 0.25) is 0 Å². The number of rotatable bonds is 5. The Labute approximate surface area is 102 Å². The second-order valence-corrected chi connectivity index (χ2v) is 6.21. The molecule has 1 saturated heterocycles. The van der Waals surface area contributed by atoms with Crippen molar-refractivity contribution in [3.05, 3.63) is 0 Å². The Balaban J connectivity index is 2.24. The van der Waals surface area contributed by atoms with Crippen LogP contribution in [-0.2, 0) is 10.0 Å². The third-order valence-electron chi connectivity index (χ3n) is 2.87. The molecule has 8 heteroatoms. The molecule has 0 spiro atoms. The number of sulfonamides is 1. The molecule has 1 heterocycles. The predicted molar refractivity (Wildman–Crippen MR) is 65.5 cm³/mol. The van der Waals surface area contributed by atoms with Gasteiger partial charge in [-0.05, 0) is 12.8 Å². The number of nitrogens with one attached hydrogen (secondary N) is 1. The van der Waals surface area contributed by atoms with E-state index in [4.69, 9.17) is 10.9 Å². The van der Waals surface area contributed by atoms with Crippen molar-refractivity contribution in [1.29, 1.82) is 0 Å². The molecule has 4 N–H and O–H groups in total. The van der Waals surface area contributed by atoms with E-state index in [1.165, 1.54) is 10.6 Å². The first-order valence-electron chi connectivity index (χ1n) is 5.58. The summed E-state index contributed by atoms with van der Waals surface area (Å²) in [6.45, 7) is 1.75. The number of nitrogens with two attached hydrogens (primary N) is 1. The minimum atomic E-state index is -3.05. The van der Waals surface area contributed by atoms with Gasteiger partial charge in [-0.25, -0.2) is 12.7 Å². The number of hydrogen-bond acceptors (Lipinski definition) is 5. The van der Waals surface area contributed by atoms with Crippen LogP contribution < -0.4 is 11.1 Å². The van der Waals surface area contributed by atoms with Gasteiger partial charge < -0.3 is 16.3 Å². The lowest BCUT2D eigenvalue weighted by Gasteiger charge is -2.30. The highest BCUT2D eigenvalue weighted by atomic mass is 32.2. The van der Waals surface area contributed by atoms with Crippen LogP contribution in [0.5, 0.6) is 0 Å². The molecular weight excluding hydrogens is 244 g/mol. The molecule has 0 unspecified atom stereocenters. The summed E-state index contributed by atoms with van der Waals surface area (Å²) in [6.07, 6.45) is 3.31. The molecule has 100 valence electrons. The third kappa shape index (κ3) is 4.88. The van der Waals surface area contributed by atoms with Crippen molar-refractivity contribution < 1.29 is 13.6 Å². The van der Waals surface area contributed by atoms with Gasteiger partial charge in [0, 0.05) is 32.1 Å². The summed E-state index contributed by atoms with van der Waals surface area (Å²) < 4.78 is 24.1. The number of hydrogen-bond donors (Lipinski definition) is 3. The van der Waals surface area contributed by atoms with Gasteiger partial charge >= 0.3 is 0 Å². The molecule has 1 aliphatic rings. The van der Waals surface area contributed by atoms with Crippen molar-refractivity contribution in [2.45, 2.75) is 25.3 Å². The Morgan fingerprint density at radius 2 is 2.12 bits per heavy atom. The van der Waals surface area contributed by atoms with Crippen LogP contribution in [0.3, 0.4) is 0 Å². The van der Waals surface area contributed by atoms with Crippen molar-refractivity contribution in [3.8, 4) is 0 Å². The van der Waals surface area contributed by atoms with E-state index in [-0.39, 0.29) is 5.84 Å². The summed E-state index contributed by atoms with van der Waals surface area (Å²) in [6, 6.07) is 0.305. The number of amidine groups is 1. The van der Waals surface area contributed by atoms with Crippen LogP contribution in [0.1, 0.15) is 19.3 Å². The highest BCUT2D eigenvalue weighted by Crippen LogP contribution is 2.12. The average Bonchev–Trinajstić information content (AvgIpc) is 2.28. The van der Waals surface area contributed by atoms with Crippen molar-refractivity contribution in [1.82, 2.24) is 9.62 Å². The van der Waals surface area contributed by atoms with Gasteiger partial charge in [0.15, 0.2) is 0 Å². The zero-order valence-electron chi connectivity index (χ0n) is 9.96. The molecule has 0 atom stereocenters. The summed E-state index contributed by atoms with van der Waals surface area (Å²) in [5.74, 6) is 0.200. The van der Waals surface area contributed by atoms with Gasteiger partial charge in [0.2, 0.25) is 10.0 Å². The van der Waals surface area contributed by atoms with Crippen LogP contribution in [-0.4, -0.2) is 55.7 Å². The molecule has 1 fully saturated rings. The highest BCUT2D eigenvalue weighted by Gasteiger charge is 2.24. The molecule has 7 nitrogen and oxygen atoms in total. The first kappa shape index (κ1) is 14.2. The highest BCUT2D eigenvalue weighted by molar-refractivity contribution is 7.88. The van der Waals surface area contributed by atoms with Crippen LogP contribution in [0.25, 0.3) is 0 Å². The lowest BCUT2D eigenvalue weighted by molar-refractivity contribution is 0.291. The molecular formula is C9H20N4O3S. The molecule has 0 saturated carbocycles. The summed E-state index contributed by atoms with van der Waals surface area (Å²) >= 11 is 0. The summed E-state index contributed by atoms with van der Waals surface area (Å²) in [7, 11) is -3.05. The fraction of sp³-hybridized carbons (Fsp3) is 0.889. The first-order chi connectivity index (χ1) is 7.93. The van der Waals surface area contributed by atoms with E-state index in [0.717, 1.165) is 12.8 Å². The maximum absolute atomic E-state index is 11.3. The molecule has 0 aliphatic carbocycles. The normalized spacial score (nSPS) is 20.6. The number of nitrogens with zero attached hydrogens (tertiary/aromatic N) is 2. The van der Waals surface area contributed by atoms with E-state index >= 15 is 0 Å². The van der Waals surface area contributed by atoms with Gasteiger partial charge in [0.05, 0.1) is 6.26 Å². The number of piperidine rings is 1.